The molecule has 0 radical (unpaired) electrons. The number of amides is 1. The second-order valence-corrected chi connectivity index (χ2v) is 6.89. The number of benzene rings is 2. The van der Waals surface area contributed by atoms with Crippen molar-refractivity contribution >= 4 is 5.91 Å². The third-order valence-electron chi connectivity index (χ3n) is 5.03. The molecule has 1 aliphatic carbocycles. The third-order valence-corrected chi connectivity index (χ3v) is 5.03. The first kappa shape index (κ1) is 19.3. The van der Waals surface area contributed by atoms with Gasteiger partial charge >= 0.3 is 0 Å². The number of rotatable bonds is 9. The molecule has 4 heteroatoms. The lowest BCUT2D eigenvalue weighted by Crippen LogP contribution is -2.26. The maximum atomic E-state index is 12.4. The van der Waals surface area contributed by atoms with Gasteiger partial charge in [-0.25, -0.2) is 0 Å². The SMILES string of the molecule is CCOc1ccc(CCNC(=O)CC2CCc3ccccc32)cc1OCC. The molecule has 1 amide bonds. The lowest BCUT2D eigenvalue weighted by Gasteiger charge is -2.13. The van der Waals surface area contributed by atoms with Crippen LogP contribution >= 0.6 is 0 Å². The molecule has 0 saturated heterocycles. The second kappa shape index (κ2) is 9.45. The minimum Gasteiger partial charge on any atom is -0.490 e. The van der Waals surface area contributed by atoms with Gasteiger partial charge in [-0.3, -0.25) is 4.79 Å². The summed E-state index contributed by atoms with van der Waals surface area (Å²) in [5.41, 5.74) is 3.88. The summed E-state index contributed by atoms with van der Waals surface area (Å²) in [7, 11) is 0. The zero-order valence-corrected chi connectivity index (χ0v) is 16.3. The summed E-state index contributed by atoms with van der Waals surface area (Å²) >= 11 is 0. The summed E-state index contributed by atoms with van der Waals surface area (Å²) in [6.07, 6.45) is 3.51. The molecule has 27 heavy (non-hydrogen) atoms. The molecule has 1 atom stereocenters. The van der Waals surface area contributed by atoms with E-state index in [1.807, 2.05) is 32.0 Å². The summed E-state index contributed by atoms with van der Waals surface area (Å²) in [5, 5.41) is 3.07. The second-order valence-electron chi connectivity index (χ2n) is 6.89. The maximum absolute atomic E-state index is 12.4. The Hall–Kier alpha value is -2.49. The van der Waals surface area contributed by atoms with E-state index in [1.165, 1.54) is 11.1 Å². The highest BCUT2D eigenvalue weighted by molar-refractivity contribution is 5.77. The van der Waals surface area contributed by atoms with Crippen molar-refractivity contribution in [2.45, 2.75) is 45.4 Å². The van der Waals surface area contributed by atoms with E-state index in [0.717, 1.165) is 36.3 Å². The lowest BCUT2D eigenvalue weighted by molar-refractivity contribution is -0.121. The fourth-order valence-electron chi connectivity index (χ4n) is 3.75. The largest absolute Gasteiger partial charge is 0.490 e. The van der Waals surface area contributed by atoms with E-state index in [1.54, 1.807) is 0 Å². The molecule has 2 aromatic rings. The highest BCUT2D eigenvalue weighted by Gasteiger charge is 2.23. The summed E-state index contributed by atoms with van der Waals surface area (Å²) in [6.45, 7) is 5.77. The van der Waals surface area contributed by atoms with Crippen molar-refractivity contribution in [3.8, 4) is 11.5 Å². The van der Waals surface area contributed by atoms with Gasteiger partial charge in [-0.05, 0) is 67.9 Å². The summed E-state index contributed by atoms with van der Waals surface area (Å²) in [5.74, 6) is 2.03. The van der Waals surface area contributed by atoms with E-state index in [0.29, 0.717) is 32.1 Å². The van der Waals surface area contributed by atoms with Gasteiger partial charge in [0.15, 0.2) is 11.5 Å². The molecule has 1 aliphatic rings. The van der Waals surface area contributed by atoms with Crippen LogP contribution in [-0.2, 0) is 17.6 Å². The van der Waals surface area contributed by atoms with E-state index >= 15 is 0 Å². The van der Waals surface area contributed by atoms with Gasteiger partial charge in [0.1, 0.15) is 0 Å². The summed E-state index contributed by atoms with van der Waals surface area (Å²) in [6, 6.07) is 14.5. The Labute approximate surface area is 161 Å². The summed E-state index contributed by atoms with van der Waals surface area (Å²) < 4.78 is 11.3. The molecule has 144 valence electrons. The van der Waals surface area contributed by atoms with Crippen molar-refractivity contribution < 1.29 is 14.3 Å². The van der Waals surface area contributed by atoms with Crippen molar-refractivity contribution in [2.75, 3.05) is 19.8 Å². The predicted octanol–water partition coefficient (Wildman–Crippen LogP) is 4.26. The van der Waals surface area contributed by atoms with Crippen molar-refractivity contribution in [1.29, 1.82) is 0 Å². The zero-order valence-electron chi connectivity index (χ0n) is 16.3. The van der Waals surface area contributed by atoms with Crippen molar-refractivity contribution in [3.05, 3.63) is 59.2 Å². The van der Waals surface area contributed by atoms with Crippen LogP contribution in [0.25, 0.3) is 0 Å². The average molecular weight is 367 g/mol. The molecule has 0 saturated carbocycles. The standard InChI is InChI=1S/C23H29NO3/c1-3-26-21-12-9-17(15-22(21)27-4-2)13-14-24-23(25)16-19-11-10-18-7-5-6-8-20(18)19/h5-9,12,15,19H,3-4,10-11,13-14,16H2,1-2H3,(H,24,25). The van der Waals surface area contributed by atoms with E-state index in [2.05, 4.69) is 29.6 Å². The first-order valence-corrected chi connectivity index (χ1v) is 9.94. The lowest BCUT2D eigenvalue weighted by atomic mass is 9.97. The van der Waals surface area contributed by atoms with Gasteiger partial charge in [-0.1, -0.05) is 30.3 Å². The molecular formula is C23H29NO3. The van der Waals surface area contributed by atoms with E-state index in [-0.39, 0.29) is 5.91 Å². The van der Waals surface area contributed by atoms with Crippen LogP contribution in [0.15, 0.2) is 42.5 Å². The third kappa shape index (κ3) is 5.03. The van der Waals surface area contributed by atoms with E-state index in [9.17, 15) is 4.79 Å². The topological polar surface area (TPSA) is 47.6 Å². The number of carbonyl (C=O) groups is 1. The van der Waals surface area contributed by atoms with Crippen molar-refractivity contribution in [2.24, 2.45) is 0 Å². The van der Waals surface area contributed by atoms with Crippen molar-refractivity contribution in [3.63, 3.8) is 0 Å². The van der Waals surface area contributed by atoms with Crippen LogP contribution in [0.2, 0.25) is 0 Å². The number of aryl methyl sites for hydroxylation is 1. The number of carbonyl (C=O) groups excluding carboxylic acids is 1. The monoisotopic (exact) mass is 367 g/mol. The Morgan fingerprint density at radius 1 is 1.07 bits per heavy atom. The van der Waals surface area contributed by atoms with Crippen LogP contribution in [0.3, 0.4) is 0 Å². The Balaban J connectivity index is 1.49. The highest BCUT2D eigenvalue weighted by Crippen LogP contribution is 2.35. The van der Waals surface area contributed by atoms with Crippen molar-refractivity contribution in [1.82, 2.24) is 5.32 Å². The van der Waals surface area contributed by atoms with Crippen LogP contribution in [0, 0.1) is 0 Å². The molecule has 0 aromatic heterocycles. The van der Waals surface area contributed by atoms with Gasteiger partial charge in [-0.2, -0.15) is 0 Å². The molecule has 4 nitrogen and oxygen atoms in total. The first-order chi connectivity index (χ1) is 13.2. The molecule has 0 fully saturated rings. The molecule has 0 bridgehead atoms. The van der Waals surface area contributed by atoms with Crippen LogP contribution < -0.4 is 14.8 Å². The number of nitrogens with one attached hydrogen (secondary N) is 1. The average Bonchev–Trinajstić information content (AvgIpc) is 3.07. The van der Waals surface area contributed by atoms with Gasteiger partial charge in [-0.15, -0.1) is 0 Å². The molecule has 3 rings (SSSR count). The molecule has 2 aromatic carbocycles. The number of ether oxygens (including phenoxy) is 2. The molecule has 1 N–H and O–H groups in total. The predicted molar refractivity (Wildman–Crippen MR) is 108 cm³/mol. The summed E-state index contributed by atoms with van der Waals surface area (Å²) in [4.78, 5) is 12.4. The smallest absolute Gasteiger partial charge is 0.220 e. The fraction of sp³-hybridized carbons (Fsp3) is 0.435. The molecule has 0 heterocycles. The minimum absolute atomic E-state index is 0.132. The van der Waals surface area contributed by atoms with Crippen LogP contribution in [0.1, 0.15) is 49.3 Å². The van der Waals surface area contributed by atoms with E-state index in [4.69, 9.17) is 9.47 Å². The molecular weight excluding hydrogens is 338 g/mol. The Bertz CT molecular complexity index is 772. The molecule has 0 aliphatic heterocycles. The number of hydrogen-bond acceptors (Lipinski definition) is 3. The first-order valence-electron chi connectivity index (χ1n) is 9.94. The molecule has 0 spiro atoms. The minimum atomic E-state index is 0.132. The highest BCUT2D eigenvalue weighted by atomic mass is 16.5. The fourth-order valence-corrected chi connectivity index (χ4v) is 3.75. The Morgan fingerprint density at radius 3 is 2.67 bits per heavy atom. The maximum Gasteiger partial charge on any atom is 0.220 e. The van der Waals surface area contributed by atoms with Gasteiger partial charge < -0.3 is 14.8 Å². The Kier molecular flexibility index (Phi) is 6.74. The number of hydrogen-bond donors (Lipinski definition) is 1. The number of fused-ring (bicyclic) bond motifs is 1. The van der Waals surface area contributed by atoms with Gasteiger partial charge in [0.05, 0.1) is 13.2 Å². The van der Waals surface area contributed by atoms with Crippen LogP contribution in [-0.4, -0.2) is 25.7 Å². The van der Waals surface area contributed by atoms with Gasteiger partial charge in [0, 0.05) is 13.0 Å². The van der Waals surface area contributed by atoms with Crippen LogP contribution in [0.5, 0.6) is 11.5 Å². The Morgan fingerprint density at radius 2 is 1.85 bits per heavy atom. The van der Waals surface area contributed by atoms with Gasteiger partial charge in [0.2, 0.25) is 5.91 Å². The molecule has 1 unspecified atom stereocenters. The van der Waals surface area contributed by atoms with E-state index < -0.39 is 0 Å². The van der Waals surface area contributed by atoms with Gasteiger partial charge in [0.25, 0.3) is 0 Å². The van der Waals surface area contributed by atoms with Crippen LogP contribution in [0.4, 0.5) is 0 Å². The zero-order chi connectivity index (χ0) is 19.1. The normalized spacial score (nSPS) is 15.3. The quantitative estimate of drug-likeness (QED) is 0.720.